The second-order valence-corrected chi connectivity index (χ2v) is 7.48. The number of amides is 2. The minimum atomic E-state index is 0. The Balaban J connectivity index is 0.00000280. The molecule has 156 valence electrons. The Bertz CT molecular complexity index is 621. The molecule has 2 N–H and O–H groups in total. The smallest absolute Gasteiger partial charge is 0.226 e. The van der Waals surface area contributed by atoms with Crippen molar-refractivity contribution < 1.29 is 14.3 Å². The quantitative estimate of drug-likeness (QED) is 0.783. The largest absolute Gasteiger partial charge is 0.493 e. The standard InChI is InChI=1S/C21H31N3O3.ClH/c22-16-18-6-4-5-12-24(18)21(26)17-9-13-23(14-10-17)20(25)11-15-27-19-7-2-1-3-8-19;/h1-3,7-8,17-18H,4-6,9-16,22H2;1H. The third-order valence-electron chi connectivity index (χ3n) is 5.71. The van der Waals surface area contributed by atoms with E-state index in [1.165, 1.54) is 0 Å². The van der Waals surface area contributed by atoms with E-state index in [-0.39, 0.29) is 36.2 Å². The molecule has 0 bridgehead atoms. The van der Waals surface area contributed by atoms with Gasteiger partial charge in [-0.05, 0) is 44.2 Å². The zero-order chi connectivity index (χ0) is 19.1. The molecule has 1 atom stereocenters. The minimum Gasteiger partial charge on any atom is -0.493 e. The van der Waals surface area contributed by atoms with E-state index in [1.807, 2.05) is 40.1 Å². The molecule has 0 aromatic heterocycles. The summed E-state index contributed by atoms with van der Waals surface area (Å²) in [5.41, 5.74) is 5.85. The first-order chi connectivity index (χ1) is 13.2. The van der Waals surface area contributed by atoms with Gasteiger partial charge < -0.3 is 20.3 Å². The molecule has 7 heteroatoms. The molecule has 2 aliphatic heterocycles. The Morgan fingerprint density at radius 1 is 1.04 bits per heavy atom. The van der Waals surface area contributed by atoms with Crippen LogP contribution in [0.3, 0.4) is 0 Å². The number of hydrogen-bond acceptors (Lipinski definition) is 4. The number of benzene rings is 1. The van der Waals surface area contributed by atoms with E-state index in [1.54, 1.807) is 0 Å². The van der Waals surface area contributed by atoms with Gasteiger partial charge in [-0.2, -0.15) is 0 Å². The summed E-state index contributed by atoms with van der Waals surface area (Å²) in [6.45, 7) is 3.07. The molecule has 0 saturated carbocycles. The number of halogens is 1. The molecule has 3 rings (SSSR count). The van der Waals surface area contributed by atoms with Crippen LogP contribution in [0.1, 0.15) is 38.5 Å². The molecule has 2 heterocycles. The molecule has 2 fully saturated rings. The summed E-state index contributed by atoms with van der Waals surface area (Å²) in [6, 6.07) is 9.73. The third-order valence-corrected chi connectivity index (χ3v) is 5.71. The first-order valence-electron chi connectivity index (χ1n) is 10.1. The number of likely N-dealkylation sites (tertiary alicyclic amines) is 2. The highest BCUT2D eigenvalue weighted by atomic mass is 35.5. The minimum absolute atomic E-state index is 0. The number of para-hydroxylation sites is 1. The third kappa shape index (κ3) is 5.85. The lowest BCUT2D eigenvalue weighted by molar-refractivity contribution is -0.143. The van der Waals surface area contributed by atoms with Gasteiger partial charge in [0.05, 0.1) is 13.0 Å². The first kappa shape index (κ1) is 22.5. The molecule has 1 aromatic carbocycles. The van der Waals surface area contributed by atoms with E-state index in [9.17, 15) is 9.59 Å². The Labute approximate surface area is 173 Å². The molecule has 1 unspecified atom stereocenters. The van der Waals surface area contributed by atoms with Crippen LogP contribution in [0.2, 0.25) is 0 Å². The molecule has 2 saturated heterocycles. The second-order valence-electron chi connectivity index (χ2n) is 7.48. The van der Waals surface area contributed by atoms with Crippen LogP contribution in [0.4, 0.5) is 0 Å². The number of nitrogens with two attached hydrogens (primary N) is 1. The zero-order valence-electron chi connectivity index (χ0n) is 16.4. The highest BCUT2D eigenvalue weighted by Crippen LogP contribution is 2.25. The van der Waals surface area contributed by atoms with Crippen LogP contribution in [0, 0.1) is 5.92 Å². The Morgan fingerprint density at radius 2 is 1.75 bits per heavy atom. The molecular weight excluding hydrogens is 378 g/mol. The molecule has 2 aliphatic rings. The molecule has 1 aromatic rings. The average molecular weight is 410 g/mol. The average Bonchev–Trinajstić information content (AvgIpc) is 2.74. The SMILES string of the molecule is Cl.NCC1CCCCN1C(=O)C1CCN(C(=O)CCOc2ccccc2)CC1. The first-order valence-corrected chi connectivity index (χ1v) is 10.1. The predicted octanol–water partition coefficient (Wildman–Crippen LogP) is 2.46. The monoisotopic (exact) mass is 409 g/mol. The fourth-order valence-electron chi connectivity index (χ4n) is 4.08. The van der Waals surface area contributed by atoms with Gasteiger partial charge in [-0.1, -0.05) is 18.2 Å². The fraction of sp³-hybridized carbons (Fsp3) is 0.619. The van der Waals surface area contributed by atoms with E-state index < -0.39 is 0 Å². The molecule has 0 radical (unpaired) electrons. The van der Waals surface area contributed by atoms with Gasteiger partial charge in [-0.15, -0.1) is 12.4 Å². The van der Waals surface area contributed by atoms with Gasteiger partial charge in [0.2, 0.25) is 11.8 Å². The Morgan fingerprint density at radius 3 is 2.43 bits per heavy atom. The molecule has 2 amide bonds. The highest BCUT2D eigenvalue weighted by Gasteiger charge is 2.33. The molecule has 6 nitrogen and oxygen atoms in total. The summed E-state index contributed by atoms with van der Waals surface area (Å²) in [7, 11) is 0. The summed E-state index contributed by atoms with van der Waals surface area (Å²) < 4.78 is 5.61. The van der Waals surface area contributed by atoms with Crippen molar-refractivity contribution in [2.75, 3.05) is 32.8 Å². The summed E-state index contributed by atoms with van der Waals surface area (Å²) in [5.74, 6) is 1.16. The number of rotatable bonds is 6. The summed E-state index contributed by atoms with van der Waals surface area (Å²) in [4.78, 5) is 29.1. The number of carbonyl (C=O) groups excluding carboxylic acids is 2. The zero-order valence-corrected chi connectivity index (χ0v) is 17.2. The van der Waals surface area contributed by atoms with E-state index in [2.05, 4.69) is 0 Å². The van der Waals surface area contributed by atoms with Crippen molar-refractivity contribution in [3.05, 3.63) is 30.3 Å². The van der Waals surface area contributed by atoms with Gasteiger partial charge in [-0.3, -0.25) is 9.59 Å². The van der Waals surface area contributed by atoms with Crippen molar-refractivity contribution in [3.8, 4) is 5.75 Å². The van der Waals surface area contributed by atoms with Crippen molar-refractivity contribution in [2.24, 2.45) is 11.7 Å². The molecule has 0 aliphatic carbocycles. The lowest BCUT2D eigenvalue weighted by Gasteiger charge is -2.39. The van der Waals surface area contributed by atoms with Crippen LogP contribution >= 0.6 is 12.4 Å². The molecule has 28 heavy (non-hydrogen) atoms. The van der Waals surface area contributed by atoms with Crippen LogP contribution in [-0.2, 0) is 9.59 Å². The maximum Gasteiger partial charge on any atom is 0.226 e. The van der Waals surface area contributed by atoms with Gasteiger partial charge in [-0.25, -0.2) is 0 Å². The number of piperidine rings is 2. The van der Waals surface area contributed by atoms with Crippen LogP contribution in [-0.4, -0.2) is 60.4 Å². The summed E-state index contributed by atoms with van der Waals surface area (Å²) in [5, 5.41) is 0. The van der Waals surface area contributed by atoms with Crippen LogP contribution in [0.25, 0.3) is 0 Å². The lowest BCUT2D eigenvalue weighted by atomic mass is 9.92. The number of nitrogens with zero attached hydrogens (tertiary/aromatic N) is 2. The van der Waals surface area contributed by atoms with Crippen molar-refractivity contribution in [2.45, 2.75) is 44.6 Å². The van der Waals surface area contributed by atoms with Crippen molar-refractivity contribution >= 4 is 24.2 Å². The molecular formula is C21H32ClN3O3. The topological polar surface area (TPSA) is 75.9 Å². The number of ether oxygens (including phenoxy) is 1. The maximum atomic E-state index is 12.9. The normalized spacial score (nSPS) is 20.4. The number of carbonyl (C=O) groups is 2. The van der Waals surface area contributed by atoms with Crippen molar-refractivity contribution in [3.63, 3.8) is 0 Å². The second kappa shape index (κ2) is 11.3. The van der Waals surface area contributed by atoms with Gasteiger partial charge in [0.15, 0.2) is 0 Å². The Hall–Kier alpha value is -1.79. The predicted molar refractivity (Wildman–Crippen MR) is 112 cm³/mol. The van der Waals surface area contributed by atoms with E-state index in [0.717, 1.165) is 44.4 Å². The van der Waals surface area contributed by atoms with Crippen molar-refractivity contribution in [1.82, 2.24) is 9.80 Å². The van der Waals surface area contributed by atoms with Gasteiger partial charge in [0.1, 0.15) is 5.75 Å². The van der Waals surface area contributed by atoms with Crippen LogP contribution in [0.15, 0.2) is 30.3 Å². The van der Waals surface area contributed by atoms with Gasteiger partial charge in [0, 0.05) is 38.1 Å². The van der Waals surface area contributed by atoms with Gasteiger partial charge in [0.25, 0.3) is 0 Å². The van der Waals surface area contributed by atoms with Crippen molar-refractivity contribution in [1.29, 1.82) is 0 Å². The number of hydrogen-bond donors (Lipinski definition) is 1. The van der Waals surface area contributed by atoms with Crippen LogP contribution < -0.4 is 10.5 Å². The van der Waals surface area contributed by atoms with E-state index >= 15 is 0 Å². The highest BCUT2D eigenvalue weighted by molar-refractivity contribution is 5.85. The summed E-state index contributed by atoms with van der Waals surface area (Å²) >= 11 is 0. The van der Waals surface area contributed by atoms with Gasteiger partial charge >= 0.3 is 0 Å². The fourth-order valence-corrected chi connectivity index (χ4v) is 4.08. The maximum absolute atomic E-state index is 12.9. The summed E-state index contributed by atoms with van der Waals surface area (Å²) in [6.07, 6.45) is 5.11. The van der Waals surface area contributed by atoms with Crippen LogP contribution in [0.5, 0.6) is 5.75 Å². The lowest BCUT2D eigenvalue weighted by Crippen LogP contribution is -2.51. The Kier molecular flexibility index (Phi) is 9.06. The molecule has 0 spiro atoms. The van der Waals surface area contributed by atoms with E-state index in [0.29, 0.717) is 32.7 Å². The van der Waals surface area contributed by atoms with E-state index in [4.69, 9.17) is 10.5 Å².